The molecule has 2 spiro atoms. The molecule has 3 saturated carbocycles. The van der Waals surface area contributed by atoms with Crippen LogP contribution >= 0.6 is 11.3 Å². The molecule has 6 aliphatic carbocycles. The molecule has 218 valence electrons. The second kappa shape index (κ2) is 8.86. The number of fused-ring (bicyclic) bond motifs is 2. The van der Waals surface area contributed by atoms with Crippen LogP contribution < -0.4 is 0 Å². The number of nitrogens with zero attached hydrogens (tertiary/aromatic N) is 1. The van der Waals surface area contributed by atoms with Gasteiger partial charge in [-0.05, 0) is 79.7 Å². The predicted molar refractivity (Wildman–Crippen MR) is 162 cm³/mol. The van der Waals surface area contributed by atoms with Gasteiger partial charge in [0.25, 0.3) is 0 Å². The first-order valence-electron chi connectivity index (χ1n) is 15.8. The Labute approximate surface area is 247 Å². The molecule has 1 aliphatic heterocycles. The molecular formula is C35H43NO4S. The van der Waals surface area contributed by atoms with E-state index in [0.717, 1.165) is 85.4 Å². The molecule has 2 aromatic rings. The van der Waals surface area contributed by atoms with Gasteiger partial charge in [-0.25, -0.2) is 0 Å². The number of carbonyl (C=O) groups excluding carboxylic acids is 1. The quantitative estimate of drug-likeness (QED) is 0.347. The summed E-state index contributed by atoms with van der Waals surface area (Å²) < 4.78 is 6.76. The Morgan fingerprint density at radius 2 is 1.76 bits per heavy atom. The molecule has 6 heteroatoms. The third kappa shape index (κ3) is 3.40. The maximum absolute atomic E-state index is 14.8. The van der Waals surface area contributed by atoms with Gasteiger partial charge in [0.05, 0.1) is 29.8 Å². The summed E-state index contributed by atoms with van der Waals surface area (Å²) in [4.78, 5) is 18.0. The molecule has 8 unspecified atom stereocenters. The summed E-state index contributed by atoms with van der Waals surface area (Å²) in [6.45, 7) is 8.68. The largest absolute Gasteiger partial charge is 0.393 e. The van der Waals surface area contributed by atoms with Crippen molar-refractivity contribution in [3.05, 3.63) is 59.0 Å². The van der Waals surface area contributed by atoms with Gasteiger partial charge in [0.1, 0.15) is 0 Å². The highest BCUT2D eigenvalue weighted by Gasteiger charge is 2.74. The highest BCUT2D eigenvalue weighted by atomic mass is 32.1. The summed E-state index contributed by atoms with van der Waals surface area (Å²) in [5.41, 5.74) is -0.812. The van der Waals surface area contributed by atoms with Crippen molar-refractivity contribution in [2.45, 2.75) is 70.5 Å². The fourth-order valence-corrected chi connectivity index (χ4v) is 12.0. The molecule has 7 aliphatic rings. The average molecular weight is 574 g/mol. The van der Waals surface area contributed by atoms with Crippen LogP contribution in [0.4, 0.5) is 0 Å². The van der Waals surface area contributed by atoms with E-state index in [1.165, 1.54) is 0 Å². The molecule has 1 saturated heterocycles. The van der Waals surface area contributed by atoms with Crippen molar-refractivity contribution in [3.63, 3.8) is 0 Å². The second-order valence-electron chi connectivity index (χ2n) is 14.7. The molecule has 0 amide bonds. The van der Waals surface area contributed by atoms with Gasteiger partial charge < -0.3 is 14.9 Å². The molecule has 8 atom stereocenters. The van der Waals surface area contributed by atoms with Crippen molar-refractivity contribution in [3.8, 4) is 0 Å². The lowest BCUT2D eigenvalue weighted by molar-refractivity contribution is -0.178. The summed E-state index contributed by atoms with van der Waals surface area (Å²) in [6.07, 6.45) is 13.0. The van der Waals surface area contributed by atoms with Crippen LogP contribution in [0.2, 0.25) is 0 Å². The van der Waals surface area contributed by atoms with E-state index < -0.39 is 11.0 Å². The highest BCUT2D eigenvalue weighted by Crippen LogP contribution is 2.78. The van der Waals surface area contributed by atoms with Crippen LogP contribution in [-0.2, 0) is 4.74 Å². The first-order chi connectivity index (χ1) is 19.6. The standard InChI is InChI=1S/C35H43NO4S/c1-31-10-7-24(37)20-33(31)13-14-35(25(21-33)30(38)27-19-23-5-3-4-6-26(23)41-27)28(31)8-11-32(2)29(35)9-12-34(32,39)22-36-15-17-40-18-16-36/h3-6,13-14,19,21,24,28-29,37,39H,7-12,15-18,20,22H2,1-2H3. The van der Waals surface area contributed by atoms with Crippen LogP contribution in [-0.4, -0.2) is 65.4 Å². The van der Waals surface area contributed by atoms with Crippen molar-refractivity contribution < 1.29 is 19.7 Å². The molecule has 1 aromatic carbocycles. The smallest absolute Gasteiger partial charge is 0.199 e. The summed E-state index contributed by atoms with van der Waals surface area (Å²) in [5.74, 6) is 0.687. The summed E-state index contributed by atoms with van der Waals surface area (Å²) in [5, 5.41) is 24.6. The lowest BCUT2D eigenvalue weighted by atomic mass is 9.32. The van der Waals surface area contributed by atoms with Crippen molar-refractivity contribution in [2.75, 3.05) is 32.8 Å². The maximum Gasteiger partial charge on any atom is 0.199 e. The minimum absolute atomic E-state index is 0.00281. The second-order valence-corrected chi connectivity index (χ2v) is 15.8. The van der Waals surface area contributed by atoms with Crippen molar-refractivity contribution in [1.82, 2.24) is 4.90 Å². The molecule has 2 bridgehead atoms. The zero-order valence-corrected chi connectivity index (χ0v) is 25.2. The van der Waals surface area contributed by atoms with Crippen LogP contribution in [0, 0.1) is 33.5 Å². The van der Waals surface area contributed by atoms with Crippen LogP contribution in [0.3, 0.4) is 0 Å². The number of Topliss-reactive ketones (excluding diaryl/α,β-unsaturated/α-hetero) is 1. The van der Waals surface area contributed by atoms with E-state index in [4.69, 9.17) is 4.74 Å². The SMILES string of the molecule is CC12CCC(O)CC13C=CC1(C(C(=O)c4cc5ccccc5s4)=C3)C2CCC2(C)C1CCC2(O)CN1CCOCC1. The first-order valence-corrected chi connectivity index (χ1v) is 16.6. The van der Waals surface area contributed by atoms with Gasteiger partial charge in [-0.15, -0.1) is 11.3 Å². The number of aliphatic hydroxyl groups is 2. The molecule has 2 heterocycles. The Bertz CT molecular complexity index is 1440. The minimum Gasteiger partial charge on any atom is -0.393 e. The Kier molecular flexibility index (Phi) is 5.78. The van der Waals surface area contributed by atoms with Crippen LogP contribution in [0.5, 0.6) is 0 Å². The first kappa shape index (κ1) is 26.8. The Morgan fingerprint density at radius 3 is 2.56 bits per heavy atom. The molecular weight excluding hydrogens is 530 g/mol. The highest BCUT2D eigenvalue weighted by molar-refractivity contribution is 7.21. The number of aliphatic hydroxyl groups excluding tert-OH is 1. The number of hydrogen-bond donors (Lipinski definition) is 2. The molecule has 5 nitrogen and oxygen atoms in total. The van der Waals surface area contributed by atoms with Crippen molar-refractivity contribution >= 4 is 27.2 Å². The fourth-order valence-electron chi connectivity index (χ4n) is 11.0. The molecule has 4 fully saturated rings. The zero-order valence-electron chi connectivity index (χ0n) is 24.4. The topological polar surface area (TPSA) is 70.0 Å². The molecule has 1 aromatic heterocycles. The van der Waals surface area contributed by atoms with E-state index in [0.29, 0.717) is 18.9 Å². The average Bonchev–Trinajstić information content (AvgIpc) is 3.51. The number of rotatable bonds is 4. The molecule has 9 rings (SSSR count). The van der Waals surface area contributed by atoms with E-state index in [-0.39, 0.29) is 34.1 Å². The van der Waals surface area contributed by atoms with Gasteiger partial charge in [0.15, 0.2) is 5.78 Å². The number of ether oxygens (including phenoxy) is 1. The number of thiophene rings is 1. The van der Waals surface area contributed by atoms with E-state index >= 15 is 0 Å². The zero-order chi connectivity index (χ0) is 28.3. The van der Waals surface area contributed by atoms with Gasteiger partial charge in [0.2, 0.25) is 0 Å². The van der Waals surface area contributed by atoms with Gasteiger partial charge >= 0.3 is 0 Å². The summed E-state index contributed by atoms with van der Waals surface area (Å²) in [7, 11) is 0. The maximum atomic E-state index is 14.8. The Hall–Kier alpha value is -1.83. The number of morpholine rings is 1. The monoisotopic (exact) mass is 573 g/mol. The fraction of sp³-hybridized carbons (Fsp3) is 0.629. The molecule has 0 radical (unpaired) electrons. The van der Waals surface area contributed by atoms with Crippen molar-refractivity contribution in [1.29, 1.82) is 0 Å². The third-order valence-electron chi connectivity index (χ3n) is 13.2. The number of hydrogen-bond acceptors (Lipinski definition) is 6. The lowest BCUT2D eigenvalue weighted by Crippen LogP contribution is -2.67. The lowest BCUT2D eigenvalue weighted by Gasteiger charge is -2.71. The van der Waals surface area contributed by atoms with Crippen LogP contribution in [0.15, 0.2) is 54.1 Å². The Morgan fingerprint density at radius 1 is 1.02 bits per heavy atom. The van der Waals surface area contributed by atoms with E-state index in [2.05, 4.69) is 55.2 Å². The predicted octanol–water partition coefficient (Wildman–Crippen LogP) is 6.01. The van der Waals surface area contributed by atoms with Crippen molar-refractivity contribution in [2.24, 2.45) is 33.5 Å². The molecule has 41 heavy (non-hydrogen) atoms. The van der Waals surface area contributed by atoms with Crippen LogP contribution in [0.25, 0.3) is 10.1 Å². The number of benzene rings is 1. The van der Waals surface area contributed by atoms with E-state index in [1.54, 1.807) is 11.3 Å². The number of carbonyl (C=O) groups is 1. The van der Waals surface area contributed by atoms with Crippen LogP contribution in [0.1, 0.15) is 68.5 Å². The normalized spacial score (nSPS) is 45.3. The molecule has 2 N–H and O–H groups in total. The summed E-state index contributed by atoms with van der Waals surface area (Å²) >= 11 is 1.60. The number of allylic oxidation sites excluding steroid dienone is 4. The van der Waals surface area contributed by atoms with Gasteiger partial charge in [-0.1, -0.05) is 50.3 Å². The van der Waals surface area contributed by atoms with E-state index in [1.807, 2.05) is 12.1 Å². The van der Waals surface area contributed by atoms with Gasteiger partial charge in [0, 0.05) is 46.2 Å². The van der Waals surface area contributed by atoms with E-state index in [9.17, 15) is 15.0 Å². The third-order valence-corrected chi connectivity index (χ3v) is 14.3. The number of β-amino-alcohol motifs (C(OH)–C–C–N with tert-alkyl or cyclic N) is 1. The Balaban J connectivity index is 1.27. The van der Waals surface area contributed by atoms with Gasteiger partial charge in [-0.2, -0.15) is 0 Å². The minimum atomic E-state index is -0.788. The summed E-state index contributed by atoms with van der Waals surface area (Å²) in [6, 6.07) is 10.4. The van der Waals surface area contributed by atoms with Gasteiger partial charge in [-0.3, -0.25) is 9.69 Å². The number of ketones is 1.